The van der Waals surface area contributed by atoms with Gasteiger partial charge in [-0.15, -0.1) is 0 Å². The molecule has 4 nitrogen and oxygen atoms in total. The van der Waals surface area contributed by atoms with Gasteiger partial charge in [0.25, 0.3) is 5.91 Å². The summed E-state index contributed by atoms with van der Waals surface area (Å²) in [5.74, 6) is 0.222. The zero-order valence-electron chi connectivity index (χ0n) is 12.7. The van der Waals surface area contributed by atoms with Crippen molar-refractivity contribution in [3.8, 4) is 5.75 Å². The van der Waals surface area contributed by atoms with Crippen LogP contribution in [0.4, 0.5) is 5.13 Å². The van der Waals surface area contributed by atoms with E-state index < -0.39 is 0 Å². The second-order valence-electron chi connectivity index (χ2n) is 5.16. The van der Waals surface area contributed by atoms with Gasteiger partial charge in [0, 0.05) is 0 Å². The summed E-state index contributed by atoms with van der Waals surface area (Å²) in [7, 11) is 0. The Morgan fingerprint density at radius 1 is 1.22 bits per heavy atom. The standard InChI is InChI=1S/C17H15ClN2O2S/c1-10-7-8-11(2)16-15(10)20-17(23-16)19-14(21)9-22-13-6-4-3-5-12(13)18/h3-8H,9H2,1-2H3,(H,19,20,21). The first-order valence-electron chi connectivity index (χ1n) is 7.08. The Hall–Kier alpha value is -2.11. The van der Waals surface area contributed by atoms with Crippen LogP contribution in [-0.4, -0.2) is 17.5 Å². The summed E-state index contributed by atoms with van der Waals surface area (Å²) >= 11 is 7.46. The van der Waals surface area contributed by atoms with Crippen molar-refractivity contribution in [1.82, 2.24) is 4.98 Å². The van der Waals surface area contributed by atoms with Gasteiger partial charge < -0.3 is 4.74 Å². The van der Waals surface area contributed by atoms with E-state index in [1.54, 1.807) is 24.3 Å². The Balaban J connectivity index is 1.70. The third-order valence-corrected chi connectivity index (χ3v) is 4.80. The minimum Gasteiger partial charge on any atom is -0.482 e. The fraction of sp³-hybridized carbons (Fsp3) is 0.176. The lowest BCUT2D eigenvalue weighted by Gasteiger charge is -2.06. The Morgan fingerprint density at radius 2 is 1.96 bits per heavy atom. The van der Waals surface area contributed by atoms with Crippen molar-refractivity contribution in [2.45, 2.75) is 13.8 Å². The molecule has 3 aromatic rings. The first-order chi connectivity index (χ1) is 11.0. The number of aromatic nitrogens is 1. The van der Waals surface area contributed by atoms with Gasteiger partial charge in [0.2, 0.25) is 0 Å². The normalized spacial score (nSPS) is 10.7. The third kappa shape index (κ3) is 3.46. The van der Waals surface area contributed by atoms with E-state index in [2.05, 4.69) is 16.4 Å². The predicted octanol–water partition coefficient (Wildman–Crippen LogP) is 4.58. The number of para-hydroxylation sites is 1. The van der Waals surface area contributed by atoms with Crippen molar-refractivity contribution in [3.05, 3.63) is 52.5 Å². The van der Waals surface area contributed by atoms with Crippen LogP contribution in [0.5, 0.6) is 5.75 Å². The number of hydrogen-bond acceptors (Lipinski definition) is 4. The lowest BCUT2D eigenvalue weighted by atomic mass is 10.1. The smallest absolute Gasteiger partial charge is 0.264 e. The maximum atomic E-state index is 12.0. The molecule has 3 rings (SSSR count). The average Bonchev–Trinajstić information content (AvgIpc) is 2.95. The minimum absolute atomic E-state index is 0.113. The molecular formula is C17H15ClN2O2S. The van der Waals surface area contributed by atoms with E-state index in [4.69, 9.17) is 16.3 Å². The number of nitrogens with one attached hydrogen (secondary N) is 1. The maximum absolute atomic E-state index is 12.0. The van der Waals surface area contributed by atoms with E-state index in [1.165, 1.54) is 11.3 Å². The maximum Gasteiger partial charge on any atom is 0.264 e. The molecule has 23 heavy (non-hydrogen) atoms. The van der Waals surface area contributed by atoms with Gasteiger partial charge in [-0.1, -0.05) is 47.2 Å². The number of anilines is 1. The number of amides is 1. The van der Waals surface area contributed by atoms with Crippen molar-refractivity contribution < 1.29 is 9.53 Å². The van der Waals surface area contributed by atoms with E-state index in [-0.39, 0.29) is 12.5 Å². The van der Waals surface area contributed by atoms with Crippen molar-refractivity contribution >= 4 is 44.2 Å². The van der Waals surface area contributed by atoms with Gasteiger partial charge in [-0.25, -0.2) is 4.98 Å². The Labute approximate surface area is 143 Å². The van der Waals surface area contributed by atoms with Crippen LogP contribution in [0.1, 0.15) is 11.1 Å². The van der Waals surface area contributed by atoms with Crippen LogP contribution in [0.3, 0.4) is 0 Å². The molecule has 0 fully saturated rings. The number of rotatable bonds is 4. The minimum atomic E-state index is -0.265. The fourth-order valence-corrected chi connectivity index (χ4v) is 3.39. The lowest BCUT2D eigenvalue weighted by Crippen LogP contribution is -2.20. The number of halogens is 1. The molecule has 0 aliphatic rings. The Morgan fingerprint density at radius 3 is 2.70 bits per heavy atom. The number of aryl methyl sites for hydroxylation is 2. The monoisotopic (exact) mass is 346 g/mol. The summed E-state index contributed by atoms with van der Waals surface area (Å²) in [6, 6.07) is 11.1. The Kier molecular flexibility index (Phi) is 4.50. The summed E-state index contributed by atoms with van der Waals surface area (Å²) in [6.07, 6.45) is 0. The fourth-order valence-electron chi connectivity index (χ4n) is 2.17. The highest BCUT2D eigenvalue weighted by Gasteiger charge is 2.12. The van der Waals surface area contributed by atoms with Crippen LogP contribution in [0.25, 0.3) is 10.2 Å². The van der Waals surface area contributed by atoms with E-state index in [0.29, 0.717) is 15.9 Å². The van der Waals surface area contributed by atoms with Crippen LogP contribution in [0.2, 0.25) is 5.02 Å². The number of benzene rings is 2. The zero-order chi connectivity index (χ0) is 16.4. The molecule has 0 aliphatic heterocycles. The highest BCUT2D eigenvalue weighted by molar-refractivity contribution is 7.22. The van der Waals surface area contributed by atoms with Gasteiger partial charge in [-0.2, -0.15) is 0 Å². The van der Waals surface area contributed by atoms with Gasteiger partial charge in [0.05, 0.1) is 15.2 Å². The third-order valence-electron chi connectivity index (χ3n) is 3.38. The van der Waals surface area contributed by atoms with Crippen molar-refractivity contribution in [1.29, 1.82) is 0 Å². The van der Waals surface area contributed by atoms with Crippen molar-refractivity contribution in [3.63, 3.8) is 0 Å². The second kappa shape index (κ2) is 6.56. The van der Waals surface area contributed by atoms with E-state index >= 15 is 0 Å². The molecule has 1 aromatic heterocycles. The number of carbonyl (C=O) groups excluding carboxylic acids is 1. The number of fused-ring (bicyclic) bond motifs is 1. The number of carbonyl (C=O) groups is 1. The molecule has 6 heteroatoms. The molecule has 118 valence electrons. The van der Waals surface area contributed by atoms with Gasteiger partial charge in [0.1, 0.15) is 5.75 Å². The molecule has 2 aromatic carbocycles. The summed E-state index contributed by atoms with van der Waals surface area (Å²) in [4.78, 5) is 16.5. The number of thiazole rings is 1. The number of ether oxygens (including phenoxy) is 1. The van der Waals surface area contributed by atoms with Crippen LogP contribution < -0.4 is 10.1 Å². The number of hydrogen-bond donors (Lipinski definition) is 1. The molecule has 0 spiro atoms. The highest BCUT2D eigenvalue weighted by Crippen LogP contribution is 2.30. The molecule has 0 atom stereocenters. The second-order valence-corrected chi connectivity index (χ2v) is 6.57. The summed E-state index contributed by atoms with van der Waals surface area (Å²) in [6.45, 7) is 3.93. The van der Waals surface area contributed by atoms with Gasteiger partial charge in [-0.05, 0) is 37.1 Å². The van der Waals surface area contributed by atoms with Crippen LogP contribution in [0, 0.1) is 13.8 Å². The molecule has 0 bridgehead atoms. The van der Waals surface area contributed by atoms with Gasteiger partial charge in [-0.3, -0.25) is 10.1 Å². The summed E-state index contributed by atoms with van der Waals surface area (Å²) in [5, 5.41) is 3.83. The van der Waals surface area contributed by atoms with E-state index in [0.717, 1.165) is 21.3 Å². The van der Waals surface area contributed by atoms with E-state index in [9.17, 15) is 4.79 Å². The van der Waals surface area contributed by atoms with Crippen LogP contribution in [-0.2, 0) is 4.79 Å². The molecule has 0 saturated carbocycles. The van der Waals surface area contributed by atoms with Gasteiger partial charge in [0.15, 0.2) is 11.7 Å². The summed E-state index contributed by atoms with van der Waals surface area (Å²) in [5.41, 5.74) is 3.17. The predicted molar refractivity (Wildman–Crippen MR) is 94.7 cm³/mol. The molecule has 0 unspecified atom stereocenters. The largest absolute Gasteiger partial charge is 0.482 e. The SMILES string of the molecule is Cc1ccc(C)c2sc(NC(=O)COc3ccccc3Cl)nc12. The van der Waals surface area contributed by atoms with E-state index in [1.807, 2.05) is 19.9 Å². The molecule has 0 radical (unpaired) electrons. The first kappa shape index (κ1) is 15.8. The molecular weight excluding hydrogens is 332 g/mol. The van der Waals surface area contributed by atoms with Crippen LogP contribution in [0.15, 0.2) is 36.4 Å². The zero-order valence-corrected chi connectivity index (χ0v) is 14.3. The average molecular weight is 347 g/mol. The Bertz CT molecular complexity index is 837. The quantitative estimate of drug-likeness (QED) is 0.752. The molecule has 0 saturated heterocycles. The first-order valence-corrected chi connectivity index (χ1v) is 8.28. The molecule has 0 aliphatic carbocycles. The van der Waals surface area contributed by atoms with Crippen molar-refractivity contribution in [2.75, 3.05) is 11.9 Å². The summed E-state index contributed by atoms with van der Waals surface area (Å²) < 4.78 is 6.52. The molecule has 1 amide bonds. The van der Waals surface area contributed by atoms with Crippen LogP contribution >= 0.6 is 22.9 Å². The molecule has 1 heterocycles. The lowest BCUT2D eigenvalue weighted by molar-refractivity contribution is -0.118. The van der Waals surface area contributed by atoms with Gasteiger partial charge >= 0.3 is 0 Å². The number of nitrogens with zero attached hydrogens (tertiary/aromatic N) is 1. The molecule has 1 N–H and O–H groups in total. The topological polar surface area (TPSA) is 51.2 Å². The van der Waals surface area contributed by atoms with Crippen molar-refractivity contribution in [2.24, 2.45) is 0 Å². The highest BCUT2D eigenvalue weighted by atomic mass is 35.5.